The minimum Gasteiger partial charge on any atom is -0.486 e. The molecule has 1 aromatic carbocycles. The molecule has 104 valence electrons. The summed E-state index contributed by atoms with van der Waals surface area (Å²) < 4.78 is 5.72. The molecule has 20 heavy (non-hydrogen) atoms. The highest BCUT2D eigenvalue weighted by Gasteiger charge is 2.30. The van der Waals surface area contributed by atoms with E-state index >= 15 is 0 Å². The molecule has 4 nitrogen and oxygen atoms in total. The first kappa shape index (κ1) is 13.4. The molecule has 2 N–H and O–H groups in total. The summed E-state index contributed by atoms with van der Waals surface area (Å²) >= 11 is 7.86. The number of anilines is 1. The molecule has 2 heterocycles. The molecule has 1 aliphatic rings. The number of halogens is 1. The van der Waals surface area contributed by atoms with Crippen LogP contribution in [0.15, 0.2) is 29.6 Å². The standard InChI is InChI=1S/C14H13ClN2O2S/c1-16-13-9-5-10(15)12(6-11(9)17-14(13)18)19-7-8-3-2-4-20-8/h2-6,13,16H,7H2,1H3,(H,17,18). The van der Waals surface area contributed by atoms with Gasteiger partial charge in [0.25, 0.3) is 0 Å². The molecule has 1 aromatic heterocycles. The first-order chi connectivity index (χ1) is 9.69. The number of carbonyl (C=O) groups is 1. The normalized spacial score (nSPS) is 16.9. The van der Waals surface area contributed by atoms with E-state index in [0.29, 0.717) is 17.4 Å². The lowest BCUT2D eigenvalue weighted by Gasteiger charge is -2.11. The molecule has 1 unspecified atom stereocenters. The van der Waals surface area contributed by atoms with E-state index < -0.39 is 0 Å². The van der Waals surface area contributed by atoms with E-state index in [4.69, 9.17) is 16.3 Å². The van der Waals surface area contributed by atoms with Gasteiger partial charge in [0, 0.05) is 22.2 Å². The van der Waals surface area contributed by atoms with Gasteiger partial charge < -0.3 is 15.4 Å². The maximum Gasteiger partial charge on any atom is 0.246 e. The second-order valence-electron chi connectivity index (χ2n) is 4.45. The highest BCUT2D eigenvalue weighted by atomic mass is 35.5. The van der Waals surface area contributed by atoms with Crippen molar-refractivity contribution in [3.8, 4) is 5.75 Å². The number of thiophene rings is 1. The van der Waals surface area contributed by atoms with Gasteiger partial charge in [-0.3, -0.25) is 4.79 Å². The lowest BCUT2D eigenvalue weighted by atomic mass is 10.1. The topological polar surface area (TPSA) is 50.4 Å². The van der Waals surface area contributed by atoms with Crippen molar-refractivity contribution in [2.24, 2.45) is 0 Å². The summed E-state index contributed by atoms with van der Waals surface area (Å²) in [5.41, 5.74) is 1.60. The van der Waals surface area contributed by atoms with Crippen LogP contribution in [0.5, 0.6) is 5.75 Å². The van der Waals surface area contributed by atoms with Crippen molar-refractivity contribution in [1.82, 2.24) is 5.32 Å². The van der Waals surface area contributed by atoms with Crippen molar-refractivity contribution in [2.75, 3.05) is 12.4 Å². The Morgan fingerprint density at radius 1 is 1.50 bits per heavy atom. The molecule has 0 fully saturated rings. The van der Waals surface area contributed by atoms with Crippen molar-refractivity contribution < 1.29 is 9.53 Å². The van der Waals surface area contributed by atoms with Crippen molar-refractivity contribution in [3.63, 3.8) is 0 Å². The average molecular weight is 309 g/mol. The molecule has 0 aliphatic carbocycles. The van der Waals surface area contributed by atoms with Crippen molar-refractivity contribution in [1.29, 1.82) is 0 Å². The van der Waals surface area contributed by atoms with Gasteiger partial charge >= 0.3 is 0 Å². The molecular formula is C14H13ClN2O2S. The molecule has 3 rings (SSSR count). The Hall–Kier alpha value is -1.56. The Kier molecular flexibility index (Phi) is 3.65. The third kappa shape index (κ3) is 2.40. The number of amides is 1. The number of hydrogen-bond donors (Lipinski definition) is 2. The van der Waals surface area contributed by atoms with Crippen molar-refractivity contribution in [3.05, 3.63) is 45.1 Å². The summed E-state index contributed by atoms with van der Waals surface area (Å²) in [5, 5.41) is 8.29. The zero-order chi connectivity index (χ0) is 14.1. The van der Waals surface area contributed by atoms with Gasteiger partial charge in [-0.1, -0.05) is 17.7 Å². The summed E-state index contributed by atoms with van der Waals surface area (Å²) in [5.74, 6) is 0.504. The van der Waals surface area contributed by atoms with E-state index in [-0.39, 0.29) is 11.9 Å². The van der Waals surface area contributed by atoms with E-state index in [1.807, 2.05) is 17.5 Å². The van der Waals surface area contributed by atoms with Crippen LogP contribution in [0.1, 0.15) is 16.5 Å². The summed E-state index contributed by atoms with van der Waals surface area (Å²) in [7, 11) is 1.74. The molecule has 1 amide bonds. The van der Waals surface area contributed by atoms with Crippen molar-refractivity contribution >= 4 is 34.5 Å². The number of ether oxygens (including phenoxy) is 1. The Labute approximate surface area is 125 Å². The van der Waals surface area contributed by atoms with Gasteiger partial charge in [-0.2, -0.15) is 0 Å². The van der Waals surface area contributed by atoms with Crippen molar-refractivity contribution in [2.45, 2.75) is 12.6 Å². The molecule has 1 aliphatic heterocycles. The Morgan fingerprint density at radius 2 is 2.35 bits per heavy atom. The number of benzene rings is 1. The lowest BCUT2D eigenvalue weighted by molar-refractivity contribution is -0.117. The second-order valence-corrected chi connectivity index (χ2v) is 5.89. The fraction of sp³-hybridized carbons (Fsp3) is 0.214. The van der Waals surface area contributed by atoms with Crippen LogP contribution in [0, 0.1) is 0 Å². The fourth-order valence-electron chi connectivity index (χ4n) is 2.20. The van der Waals surface area contributed by atoms with E-state index in [1.165, 1.54) is 0 Å². The SMILES string of the molecule is CNC1C(=O)Nc2cc(OCc3cccs3)c(Cl)cc21. The molecule has 0 saturated carbocycles. The zero-order valence-electron chi connectivity index (χ0n) is 10.8. The van der Waals surface area contributed by atoms with Crippen LogP contribution >= 0.6 is 22.9 Å². The van der Waals surface area contributed by atoms with Crippen LogP contribution in [0.4, 0.5) is 5.69 Å². The average Bonchev–Trinajstić information content (AvgIpc) is 3.03. The van der Waals surface area contributed by atoms with Crippen LogP contribution in [-0.2, 0) is 11.4 Å². The predicted molar refractivity (Wildman–Crippen MR) is 80.5 cm³/mol. The maximum atomic E-state index is 11.8. The van der Waals surface area contributed by atoms with Gasteiger partial charge in [0.05, 0.1) is 5.02 Å². The monoisotopic (exact) mass is 308 g/mol. The van der Waals surface area contributed by atoms with Gasteiger partial charge in [-0.15, -0.1) is 11.3 Å². The van der Waals surface area contributed by atoms with E-state index in [9.17, 15) is 4.79 Å². The highest BCUT2D eigenvalue weighted by molar-refractivity contribution is 7.09. The molecule has 0 bridgehead atoms. The number of nitrogens with one attached hydrogen (secondary N) is 2. The van der Waals surface area contributed by atoms with Gasteiger partial charge in [0.1, 0.15) is 18.4 Å². The van der Waals surface area contributed by atoms with E-state index in [0.717, 1.165) is 16.1 Å². The van der Waals surface area contributed by atoms with Crippen LogP contribution in [0.2, 0.25) is 5.02 Å². The molecule has 0 spiro atoms. The quantitative estimate of drug-likeness (QED) is 0.912. The second kappa shape index (κ2) is 5.44. The Bertz CT molecular complexity index is 643. The van der Waals surface area contributed by atoms with Gasteiger partial charge in [-0.25, -0.2) is 0 Å². The van der Waals surface area contributed by atoms with Gasteiger partial charge in [0.2, 0.25) is 5.91 Å². The van der Waals surface area contributed by atoms with Gasteiger partial charge in [0.15, 0.2) is 0 Å². The first-order valence-electron chi connectivity index (χ1n) is 6.16. The Balaban J connectivity index is 1.84. The molecule has 2 aromatic rings. The third-order valence-corrected chi connectivity index (χ3v) is 4.32. The number of fused-ring (bicyclic) bond motifs is 1. The summed E-state index contributed by atoms with van der Waals surface area (Å²) in [6.45, 7) is 0.472. The highest BCUT2D eigenvalue weighted by Crippen LogP contribution is 2.38. The largest absolute Gasteiger partial charge is 0.486 e. The van der Waals surface area contributed by atoms with Crippen LogP contribution < -0.4 is 15.4 Å². The molecule has 1 atom stereocenters. The molecule has 0 saturated heterocycles. The zero-order valence-corrected chi connectivity index (χ0v) is 12.3. The number of carbonyl (C=O) groups excluding carboxylic acids is 1. The third-order valence-electron chi connectivity index (χ3n) is 3.17. The first-order valence-corrected chi connectivity index (χ1v) is 7.41. The summed E-state index contributed by atoms with van der Waals surface area (Å²) in [6, 6.07) is 7.19. The summed E-state index contributed by atoms with van der Waals surface area (Å²) in [4.78, 5) is 12.9. The number of hydrogen-bond acceptors (Lipinski definition) is 4. The van der Waals surface area contributed by atoms with E-state index in [2.05, 4.69) is 10.6 Å². The lowest BCUT2D eigenvalue weighted by Crippen LogP contribution is -2.23. The fourth-order valence-corrected chi connectivity index (χ4v) is 3.05. The molecular weight excluding hydrogens is 296 g/mol. The minimum atomic E-state index is -0.353. The number of rotatable bonds is 4. The molecule has 6 heteroatoms. The summed E-state index contributed by atoms with van der Waals surface area (Å²) in [6.07, 6.45) is 0. The maximum absolute atomic E-state index is 11.8. The van der Waals surface area contributed by atoms with E-state index in [1.54, 1.807) is 30.5 Å². The van der Waals surface area contributed by atoms with Gasteiger partial charge in [-0.05, 0) is 24.6 Å². The molecule has 0 radical (unpaired) electrons. The minimum absolute atomic E-state index is 0.0750. The predicted octanol–water partition coefficient (Wildman–Crippen LogP) is 3.19. The van der Waals surface area contributed by atoms with Crippen LogP contribution in [0.25, 0.3) is 0 Å². The van der Waals surface area contributed by atoms with Crippen LogP contribution in [-0.4, -0.2) is 13.0 Å². The Morgan fingerprint density at radius 3 is 3.05 bits per heavy atom. The van der Waals surface area contributed by atoms with Crippen LogP contribution in [0.3, 0.4) is 0 Å². The smallest absolute Gasteiger partial charge is 0.246 e. The number of likely N-dealkylation sites (N-methyl/N-ethyl adjacent to an activating group) is 1.